The number of hydrogen-bond acceptors (Lipinski definition) is 3. The summed E-state index contributed by atoms with van der Waals surface area (Å²) in [6.45, 7) is 4.41. The molecule has 1 saturated heterocycles. The monoisotopic (exact) mass is 420 g/mol. The van der Waals surface area contributed by atoms with Gasteiger partial charge in [0.2, 0.25) is 0 Å². The summed E-state index contributed by atoms with van der Waals surface area (Å²) in [4.78, 5) is 21.8. The molecule has 1 aliphatic carbocycles. The number of para-hydroxylation sites is 2. The highest BCUT2D eigenvalue weighted by Crippen LogP contribution is 2.29. The highest BCUT2D eigenvalue weighted by molar-refractivity contribution is 5.94. The summed E-state index contributed by atoms with van der Waals surface area (Å²) >= 11 is 0. The predicted octanol–water partition coefficient (Wildman–Crippen LogP) is 4.23. The number of amides is 1. The third-order valence-corrected chi connectivity index (χ3v) is 7.10. The first-order valence-corrected chi connectivity index (χ1v) is 11.2. The molecule has 1 aliphatic heterocycles. The maximum Gasteiger partial charge on any atom is 0.256 e. The minimum Gasteiger partial charge on any atom is -0.337 e. The van der Waals surface area contributed by atoms with Gasteiger partial charge in [0.1, 0.15) is 11.6 Å². The predicted molar refractivity (Wildman–Crippen MR) is 120 cm³/mol. The second kappa shape index (κ2) is 8.08. The second-order valence-corrected chi connectivity index (χ2v) is 8.99. The summed E-state index contributed by atoms with van der Waals surface area (Å²) in [5, 5.41) is 0. The molecule has 1 aromatic heterocycles. The van der Waals surface area contributed by atoms with E-state index in [1.165, 1.54) is 25.3 Å². The highest BCUT2D eigenvalue weighted by atomic mass is 19.1. The second-order valence-electron chi connectivity index (χ2n) is 8.99. The van der Waals surface area contributed by atoms with Gasteiger partial charge in [-0.15, -0.1) is 0 Å². The number of carbonyl (C=O) groups excluding carboxylic acids is 1. The maximum atomic E-state index is 15.0. The van der Waals surface area contributed by atoms with Gasteiger partial charge in [-0.05, 0) is 56.0 Å². The van der Waals surface area contributed by atoms with Crippen LogP contribution in [0, 0.1) is 12.7 Å². The molecule has 31 heavy (non-hydrogen) atoms. The van der Waals surface area contributed by atoms with Gasteiger partial charge in [0.25, 0.3) is 5.91 Å². The number of nitrogens with zero attached hydrogens (tertiary/aromatic N) is 4. The fraction of sp³-hybridized carbons (Fsp3) is 0.440. The van der Waals surface area contributed by atoms with E-state index >= 15 is 0 Å². The first-order valence-electron chi connectivity index (χ1n) is 11.2. The van der Waals surface area contributed by atoms with Crippen molar-refractivity contribution in [3.05, 3.63) is 65.2 Å². The Morgan fingerprint density at radius 2 is 2.00 bits per heavy atom. The molecule has 1 atom stereocenters. The van der Waals surface area contributed by atoms with Crippen LogP contribution in [0.15, 0.2) is 42.5 Å². The van der Waals surface area contributed by atoms with Gasteiger partial charge in [-0.1, -0.05) is 24.6 Å². The Morgan fingerprint density at radius 1 is 1.19 bits per heavy atom. The number of carbonyl (C=O) groups is 1. The van der Waals surface area contributed by atoms with Crippen LogP contribution in [0.25, 0.3) is 11.0 Å². The quantitative estimate of drug-likeness (QED) is 0.620. The van der Waals surface area contributed by atoms with Gasteiger partial charge in [0.05, 0.1) is 16.6 Å². The molecule has 1 saturated carbocycles. The molecule has 0 bridgehead atoms. The van der Waals surface area contributed by atoms with Crippen LogP contribution in [0.4, 0.5) is 4.39 Å². The summed E-state index contributed by atoms with van der Waals surface area (Å²) in [5.74, 6) is 0.206. The molecule has 3 aromatic rings. The Bertz CT molecular complexity index is 1120. The number of aromatic nitrogens is 2. The van der Waals surface area contributed by atoms with E-state index in [9.17, 15) is 9.18 Å². The molecule has 5 nitrogen and oxygen atoms in total. The van der Waals surface area contributed by atoms with Crippen LogP contribution in [0.1, 0.15) is 47.4 Å². The highest BCUT2D eigenvalue weighted by Gasteiger charge is 2.35. The van der Waals surface area contributed by atoms with E-state index in [1.54, 1.807) is 11.0 Å². The molecule has 162 valence electrons. The van der Waals surface area contributed by atoms with Gasteiger partial charge in [-0.25, -0.2) is 9.37 Å². The van der Waals surface area contributed by atoms with Crippen LogP contribution in [0.5, 0.6) is 0 Å². The molecular formula is C25H29FN4O. The van der Waals surface area contributed by atoms with Crippen molar-refractivity contribution < 1.29 is 9.18 Å². The average molecular weight is 421 g/mol. The number of benzene rings is 2. The molecule has 2 aromatic carbocycles. The SMILES string of the molecule is Cc1nc2ccccc2n1Cc1ccc(C(=O)N(C)[C@@H]2CCN(C3CCC3)C2)c(F)c1. The Morgan fingerprint density at radius 3 is 2.74 bits per heavy atom. The van der Waals surface area contributed by atoms with E-state index in [-0.39, 0.29) is 17.5 Å². The Hall–Kier alpha value is -2.73. The van der Waals surface area contributed by atoms with Crippen LogP contribution in [-0.2, 0) is 6.54 Å². The van der Waals surface area contributed by atoms with Gasteiger partial charge in [-0.2, -0.15) is 0 Å². The fourth-order valence-corrected chi connectivity index (χ4v) is 4.93. The van der Waals surface area contributed by atoms with Crippen LogP contribution < -0.4 is 0 Å². The zero-order valence-corrected chi connectivity index (χ0v) is 18.2. The number of imidazole rings is 1. The molecular weight excluding hydrogens is 391 g/mol. The number of halogens is 1. The lowest BCUT2D eigenvalue weighted by Crippen LogP contribution is -2.43. The summed E-state index contributed by atoms with van der Waals surface area (Å²) in [5.41, 5.74) is 2.93. The van der Waals surface area contributed by atoms with Crippen molar-refractivity contribution in [3.8, 4) is 0 Å². The van der Waals surface area contributed by atoms with Crippen LogP contribution in [-0.4, -0.2) is 57.5 Å². The van der Waals surface area contributed by atoms with Crippen LogP contribution in [0.3, 0.4) is 0 Å². The van der Waals surface area contributed by atoms with Crippen LogP contribution in [0.2, 0.25) is 0 Å². The summed E-state index contributed by atoms with van der Waals surface area (Å²) in [6, 6.07) is 13.8. The van der Waals surface area contributed by atoms with E-state index in [4.69, 9.17) is 0 Å². The standard InChI is InChI=1S/C25H29FN4O/c1-17-27-23-8-3-4-9-24(23)30(17)15-18-10-11-21(22(26)14-18)25(31)28(2)20-12-13-29(16-20)19-6-5-7-19/h3-4,8-11,14,19-20H,5-7,12-13,15-16H2,1-2H3/t20-/m1/s1. The van der Waals surface area contributed by atoms with E-state index in [2.05, 4.69) is 14.5 Å². The lowest BCUT2D eigenvalue weighted by atomic mass is 9.92. The maximum absolute atomic E-state index is 15.0. The Kier molecular flexibility index (Phi) is 5.26. The number of hydrogen-bond donors (Lipinski definition) is 0. The zero-order valence-electron chi connectivity index (χ0n) is 18.2. The number of fused-ring (bicyclic) bond motifs is 1. The smallest absolute Gasteiger partial charge is 0.256 e. The van der Waals surface area contributed by atoms with E-state index in [0.29, 0.717) is 12.6 Å². The first-order chi connectivity index (χ1) is 15.0. The Labute approximate surface area is 182 Å². The normalized spacial score (nSPS) is 19.6. The number of likely N-dealkylation sites (tertiary alicyclic amines) is 1. The fourth-order valence-electron chi connectivity index (χ4n) is 4.93. The first kappa shape index (κ1) is 20.2. The van der Waals surface area contributed by atoms with Gasteiger partial charge < -0.3 is 9.47 Å². The van der Waals surface area contributed by atoms with Crippen molar-refractivity contribution in [3.63, 3.8) is 0 Å². The molecule has 2 aliphatic rings. The van der Waals surface area contributed by atoms with E-state index in [1.807, 2.05) is 44.3 Å². The lowest BCUT2D eigenvalue weighted by molar-refractivity contribution is 0.0715. The average Bonchev–Trinajstić information content (AvgIpc) is 3.31. The molecule has 1 amide bonds. The van der Waals surface area contributed by atoms with Crippen molar-refractivity contribution in [2.45, 2.75) is 51.2 Å². The van der Waals surface area contributed by atoms with Gasteiger partial charge >= 0.3 is 0 Å². The minimum atomic E-state index is -0.453. The van der Waals surface area contributed by atoms with Gasteiger partial charge in [0.15, 0.2) is 0 Å². The van der Waals surface area contributed by atoms with Crippen molar-refractivity contribution >= 4 is 16.9 Å². The van der Waals surface area contributed by atoms with Gasteiger partial charge in [-0.3, -0.25) is 9.69 Å². The molecule has 6 heteroatoms. The third kappa shape index (κ3) is 3.74. The van der Waals surface area contributed by atoms with Crippen molar-refractivity contribution in [1.29, 1.82) is 0 Å². The number of aryl methyl sites for hydroxylation is 1. The van der Waals surface area contributed by atoms with Crippen LogP contribution >= 0.6 is 0 Å². The topological polar surface area (TPSA) is 41.4 Å². The van der Waals surface area contributed by atoms with Crippen molar-refractivity contribution in [1.82, 2.24) is 19.4 Å². The number of likely N-dealkylation sites (N-methyl/N-ethyl adjacent to an activating group) is 1. The summed E-state index contributed by atoms with van der Waals surface area (Å²) in [6.07, 6.45) is 4.82. The molecule has 2 heterocycles. The molecule has 5 rings (SSSR count). The van der Waals surface area contributed by atoms with Crippen molar-refractivity contribution in [2.75, 3.05) is 20.1 Å². The summed E-state index contributed by atoms with van der Waals surface area (Å²) < 4.78 is 17.1. The molecule has 0 radical (unpaired) electrons. The Balaban J connectivity index is 1.31. The molecule has 0 unspecified atom stereocenters. The largest absolute Gasteiger partial charge is 0.337 e. The summed E-state index contributed by atoms with van der Waals surface area (Å²) in [7, 11) is 1.81. The number of rotatable bonds is 5. The third-order valence-electron chi connectivity index (χ3n) is 7.10. The minimum absolute atomic E-state index is 0.153. The van der Waals surface area contributed by atoms with Crippen molar-refractivity contribution in [2.24, 2.45) is 0 Å². The molecule has 0 spiro atoms. The molecule has 2 fully saturated rings. The van der Waals surface area contributed by atoms with E-state index in [0.717, 1.165) is 41.9 Å². The van der Waals surface area contributed by atoms with Gasteiger partial charge in [0, 0.05) is 38.8 Å². The lowest BCUT2D eigenvalue weighted by Gasteiger charge is -2.35. The molecule has 0 N–H and O–H groups in total. The van der Waals surface area contributed by atoms with E-state index < -0.39 is 5.82 Å². The zero-order chi connectivity index (χ0) is 21.5.